The second kappa shape index (κ2) is 3.24. The number of benzene rings is 1. The summed E-state index contributed by atoms with van der Waals surface area (Å²) in [7, 11) is 1.69. The van der Waals surface area contributed by atoms with Gasteiger partial charge in [-0.05, 0) is 18.2 Å². The molecule has 1 aromatic heterocycles. The Balaban J connectivity index is 2.21. The fourth-order valence-electron chi connectivity index (χ4n) is 1.79. The van der Waals surface area contributed by atoms with Crippen LogP contribution in [0, 0.1) is 0 Å². The van der Waals surface area contributed by atoms with Crippen LogP contribution in [0.15, 0.2) is 23.7 Å². The molecule has 3 rings (SSSR count). The van der Waals surface area contributed by atoms with Crippen molar-refractivity contribution in [1.82, 2.24) is 4.98 Å². The summed E-state index contributed by atoms with van der Waals surface area (Å²) in [5, 5.41) is 3.34. The molecule has 3 nitrogen and oxygen atoms in total. The Bertz CT molecular complexity index is 507. The molecule has 4 heteroatoms. The summed E-state index contributed by atoms with van der Waals surface area (Å²) in [4.78, 5) is 5.58. The van der Waals surface area contributed by atoms with E-state index in [1.54, 1.807) is 18.4 Å². The molecule has 0 atom stereocenters. The van der Waals surface area contributed by atoms with Gasteiger partial charge < -0.3 is 10.1 Å². The van der Waals surface area contributed by atoms with Crippen molar-refractivity contribution >= 4 is 17.0 Å². The lowest BCUT2D eigenvalue weighted by molar-refractivity contribution is 0.415. The van der Waals surface area contributed by atoms with Crippen LogP contribution in [0.1, 0.15) is 5.69 Å². The Morgan fingerprint density at radius 1 is 1.47 bits per heavy atom. The highest BCUT2D eigenvalue weighted by Crippen LogP contribution is 2.39. The van der Waals surface area contributed by atoms with Gasteiger partial charge in [0.15, 0.2) is 0 Å². The van der Waals surface area contributed by atoms with Gasteiger partial charge in [0.1, 0.15) is 5.75 Å². The van der Waals surface area contributed by atoms with Crippen LogP contribution >= 0.6 is 11.3 Å². The maximum absolute atomic E-state index is 5.23. The van der Waals surface area contributed by atoms with Crippen LogP contribution in [-0.2, 0) is 6.54 Å². The summed E-state index contributed by atoms with van der Waals surface area (Å²) in [6.45, 7) is 0.818. The molecule has 1 aliphatic rings. The van der Waals surface area contributed by atoms with Crippen molar-refractivity contribution in [2.24, 2.45) is 0 Å². The van der Waals surface area contributed by atoms with Gasteiger partial charge in [-0.2, -0.15) is 0 Å². The average Bonchev–Trinajstić information content (AvgIpc) is 2.76. The molecule has 0 fully saturated rings. The molecule has 0 unspecified atom stereocenters. The molecule has 15 heavy (non-hydrogen) atoms. The average molecular weight is 218 g/mol. The van der Waals surface area contributed by atoms with E-state index in [0.29, 0.717) is 0 Å². The molecule has 0 saturated carbocycles. The number of hydrogen-bond acceptors (Lipinski definition) is 4. The number of fused-ring (bicyclic) bond motifs is 3. The van der Waals surface area contributed by atoms with Gasteiger partial charge in [-0.1, -0.05) is 0 Å². The lowest BCUT2D eigenvalue weighted by Crippen LogP contribution is -2.07. The highest BCUT2D eigenvalue weighted by Gasteiger charge is 2.18. The fraction of sp³-hybridized carbons (Fsp3) is 0.182. The van der Waals surface area contributed by atoms with E-state index in [1.165, 1.54) is 10.4 Å². The van der Waals surface area contributed by atoms with Gasteiger partial charge in [0, 0.05) is 11.3 Å². The normalized spacial score (nSPS) is 12.6. The van der Waals surface area contributed by atoms with Gasteiger partial charge >= 0.3 is 0 Å². The van der Waals surface area contributed by atoms with E-state index in [4.69, 9.17) is 4.74 Å². The Kier molecular flexibility index (Phi) is 1.89. The van der Waals surface area contributed by atoms with Crippen LogP contribution in [0.2, 0.25) is 0 Å². The summed E-state index contributed by atoms with van der Waals surface area (Å²) >= 11 is 1.68. The molecule has 1 aromatic carbocycles. The first-order valence-corrected chi connectivity index (χ1v) is 5.61. The van der Waals surface area contributed by atoms with Gasteiger partial charge in [-0.15, -0.1) is 11.3 Å². The molecule has 0 amide bonds. The zero-order chi connectivity index (χ0) is 10.3. The number of hydrogen-bond donors (Lipinski definition) is 1. The van der Waals surface area contributed by atoms with Crippen molar-refractivity contribution in [3.05, 3.63) is 29.4 Å². The van der Waals surface area contributed by atoms with Crippen LogP contribution in [0.3, 0.4) is 0 Å². The molecule has 0 spiro atoms. The minimum atomic E-state index is 0.818. The number of nitrogens with zero attached hydrogens (tertiary/aromatic N) is 1. The lowest BCUT2D eigenvalue weighted by atomic mass is 10.1. The topological polar surface area (TPSA) is 34.1 Å². The van der Waals surface area contributed by atoms with Crippen LogP contribution in [-0.4, -0.2) is 12.1 Å². The van der Waals surface area contributed by atoms with Crippen LogP contribution < -0.4 is 10.1 Å². The Morgan fingerprint density at radius 2 is 2.40 bits per heavy atom. The number of nitrogens with one attached hydrogen (secondary N) is 1. The molecule has 2 heterocycles. The molecular formula is C11H10N2OS. The standard InChI is InChI=1S/C11H10N2OS/c1-14-7-2-3-9-8(4-7)11-10(5-12-9)13-6-15-11/h2-4,6,12H,5H2,1H3. The first kappa shape index (κ1) is 8.73. The Morgan fingerprint density at radius 3 is 3.27 bits per heavy atom. The summed E-state index contributed by atoms with van der Waals surface area (Å²) < 4.78 is 5.23. The highest BCUT2D eigenvalue weighted by molar-refractivity contribution is 7.13. The van der Waals surface area contributed by atoms with Gasteiger partial charge in [-0.3, -0.25) is 0 Å². The third-order valence-electron chi connectivity index (χ3n) is 2.56. The van der Waals surface area contributed by atoms with Crippen LogP contribution in [0.25, 0.3) is 10.4 Å². The summed E-state index contributed by atoms with van der Waals surface area (Å²) in [5.74, 6) is 0.886. The SMILES string of the molecule is COc1ccc2c(c1)-c1scnc1CN2. The largest absolute Gasteiger partial charge is 0.497 e. The van der Waals surface area contributed by atoms with Gasteiger partial charge in [0.05, 0.1) is 29.7 Å². The number of rotatable bonds is 1. The summed E-state index contributed by atoms with van der Waals surface area (Å²) in [6.07, 6.45) is 0. The van der Waals surface area contributed by atoms with E-state index in [2.05, 4.69) is 22.4 Å². The summed E-state index contributed by atoms with van der Waals surface area (Å²) in [6, 6.07) is 6.08. The molecule has 0 bridgehead atoms. The molecule has 0 radical (unpaired) electrons. The highest BCUT2D eigenvalue weighted by atomic mass is 32.1. The first-order valence-electron chi connectivity index (χ1n) is 4.73. The van der Waals surface area contributed by atoms with E-state index in [9.17, 15) is 0 Å². The summed E-state index contributed by atoms with van der Waals surface area (Å²) in [5.41, 5.74) is 5.37. The molecule has 0 saturated heterocycles. The third kappa shape index (κ3) is 1.29. The van der Waals surface area contributed by atoms with Crippen molar-refractivity contribution < 1.29 is 4.74 Å². The van der Waals surface area contributed by atoms with E-state index in [0.717, 1.165) is 23.7 Å². The van der Waals surface area contributed by atoms with E-state index in [1.807, 2.05) is 11.6 Å². The van der Waals surface area contributed by atoms with E-state index in [-0.39, 0.29) is 0 Å². The quantitative estimate of drug-likeness (QED) is 0.799. The van der Waals surface area contributed by atoms with Crippen LogP contribution in [0.4, 0.5) is 5.69 Å². The zero-order valence-electron chi connectivity index (χ0n) is 8.28. The van der Waals surface area contributed by atoms with Gasteiger partial charge in [0.25, 0.3) is 0 Å². The second-order valence-electron chi connectivity index (χ2n) is 3.39. The molecular weight excluding hydrogens is 208 g/mol. The molecule has 76 valence electrons. The van der Waals surface area contributed by atoms with Gasteiger partial charge in [-0.25, -0.2) is 4.98 Å². The number of methoxy groups -OCH3 is 1. The van der Waals surface area contributed by atoms with Gasteiger partial charge in [0.2, 0.25) is 0 Å². The van der Waals surface area contributed by atoms with Crippen LogP contribution in [0.5, 0.6) is 5.75 Å². The smallest absolute Gasteiger partial charge is 0.119 e. The Labute approximate surface area is 91.7 Å². The van der Waals surface area contributed by atoms with Crippen molar-refractivity contribution in [3.63, 3.8) is 0 Å². The number of thiazole rings is 1. The van der Waals surface area contributed by atoms with Crippen molar-refractivity contribution in [2.45, 2.75) is 6.54 Å². The minimum Gasteiger partial charge on any atom is -0.497 e. The predicted molar refractivity (Wildman–Crippen MR) is 61.4 cm³/mol. The first-order chi connectivity index (χ1) is 7.38. The third-order valence-corrected chi connectivity index (χ3v) is 3.46. The second-order valence-corrected chi connectivity index (χ2v) is 4.25. The monoisotopic (exact) mass is 218 g/mol. The van der Waals surface area contributed by atoms with Crippen molar-refractivity contribution in [3.8, 4) is 16.2 Å². The molecule has 1 N–H and O–H groups in total. The fourth-order valence-corrected chi connectivity index (χ4v) is 2.63. The molecule has 1 aliphatic heterocycles. The van der Waals surface area contributed by atoms with Crippen molar-refractivity contribution in [1.29, 1.82) is 0 Å². The predicted octanol–water partition coefficient (Wildman–Crippen LogP) is 2.74. The number of anilines is 1. The lowest BCUT2D eigenvalue weighted by Gasteiger charge is -2.17. The molecule has 0 aliphatic carbocycles. The minimum absolute atomic E-state index is 0.818. The maximum Gasteiger partial charge on any atom is 0.119 e. The number of aromatic nitrogens is 1. The maximum atomic E-state index is 5.23. The Hall–Kier alpha value is -1.55. The molecule has 2 aromatic rings. The van der Waals surface area contributed by atoms with E-state index >= 15 is 0 Å². The van der Waals surface area contributed by atoms with Crippen molar-refractivity contribution in [2.75, 3.05) is 12.4 Å². The zero-order valence-corrected chi connectivity index (χ0v) is 9.10. The van der Waals surface area contributed by atoms with E-state index < -0.39 is 0 Å². The number of ether oxygens (including phenoxy) is 1.